The highest BCUT2D eigenvalue weighted by molar-refractivity contribution is 8.22. The van der Waals surface area contributed by atoms with Crippen LogP contribution in [-0.4, -0.2) is 21.4 Å². The van der Waals surface area contributed by atoms with Crippen molar-refractivity contribution in [3.05, 3.63) is 0 Å². The van der Waals surface area contributed by atoms with Gasteiger partial charge in [-0.1, -0.05) is 27.7 Å². The van der Waals surface area contributed by atoms with Crippen LogP contribution in [0.1, 0.15) is 27.7 Å². The summed E-state index contributed by atoms with van der Waals surface area (Å²) in [6.45, 7) is 8.60. The molecule has 0 amide bonds. The molecule has 3 heteroatoms. The van der Waals surface area contributed by atoms with E-state index in [2.05, 4.69) is 27.7 Å². The molecule has 70 valence electrons. The normalized spacial score (nSPS) is 36.8. The Morgan fingerprint density at radius 2 is 2.08 bits per heavy atom. The Kier molecular flexibility index (Phi) is 2.84. The van der Waals surface area contributed by atoms with Crippen molar-refractivity contribution >= 4 is 29.8 Å². The average molecular weight is 204 g/mol. The molecule has 0 aromatic rings. The van der Waals surface area contributed by atoms with Gasteiger partial charge in [0.05, 0.1) is 0 Å². The van der Waals surface area contributed by atoms with Gasteiger partial charge in [-0.3, -0.25) is 0 Å². The number of carbonyl (C=O) groups excluding carboxylic acids is 1. The van der Waals surface area contributed by atoms with Crippen LogP contribution in [0, 0.1) is 5.41 Å². The lowest BCUT2D eigenvalue weighted by Crippen LogP contribution is -2.36. The van der Waals surface area contributed by atoms with Crippen LogP contribution in [0.4, 0.5) is 0 Å². The van der Waals surface area contributed by atoms with Crippen molar-refractivity contribution in [1.29, 1.82) is 0 Å². The summed E-state index contributed by atoms with van der Waals surface area (Å²) in [6.07, 6.45) is 1.13. The highest BCUT2D eigenvalue weighted by atomic mass is 32.2. The van der Waals surface area contributed by atoms with Crippen LogP contribution in [0.25, 0.3) is 0 Å². The molecule has 0 aliphatic carbocycles. The quantitative estimate of drug-likeness (QED) is 0.611. The Bertz CT molecular complexity index is 185. The molecule has 1 nitrogen and oxygen atoms in total. The van der Waals surface area contributed by atoms with Gasteiger partial charge >= 0.3 is 0 Å². The largest absolute Gasteiger partial charge is 0.301 e. The third-order valence-electron chi connectivity index (χ3n) is 2.11. The second-order valence-electron chi connectivity index (χ2n) is 4.27. The number of carbonyl (C=O) groups is 1. The molecule has 0 saturated carbocycles. The summed E-state index contributed by atoms with van der Waals surface area (Å²) >= 11 is 3.61. The Hall–Kier alpha value is 0.370. The maximum atomic E-state index is 11.1. The molecule has 0 radical (unpaired) electrons. The van der Waals surface area contributed by atoms with Gasteiger partial charge in [0.1, 0.15) is 10.4 Å². The standard InChI is InChI=1S/C9H16OS2/c1-7-5-11-9(6-10,12-7)8(2,3)4/h6-7H,5H2,1-4H3. The smallest absolute Gasteiger partial charge is 0.146 e. The molecular weight excluding hydrogens is 188 g/mol. The molecular formula is C9H16OS2. The minimum atomic E-state index is -0.202. The van der Waals surface area contributed by atoms with Crippen molar-refractivity contribution in [2.24, 2.45) is 5.41 Å². The first-order valence-electron chi connectivity index (χ1n) is 4.19. The molecule has 0 N–H and O–H groups in total. The van der Waals surface area contributed by atoms with E-state index in [0.29, 0.717) is 5.25 Å². The van der Waals surface area contributed by atoms with E-state index >= 15 is 0 Å². The van der Waals surface area contributed by atoms with Gasteiger partial charge in [0.2, 0.25) is 0 Å². The van der Waals surface area contributed by atoms with Gasteiger partial charge in [-0.15, -0.1) is 23.5 Å². The number of hydrogen-bond acceptors (Lipinski definition) is 3. The highest BCUT2D eigenvalue weighted by Crippen LogP contribution is 2.55. The van der Waals surface area contributed by atoms with E-state index in [-0.39, 0.29) is 9.49 Å². The first kappa shape index (κ1) is 10.5. The minimum absolute atomic E-state index is 0.0643. The maximum Gasteiger partial charge on any atom is 0.146 e. The third kappa shape index (κ3) is 1.67. The molecule has 0 aromatic heterocycles. The van der Waals surface area contributed by atoms with Crippen LogP contribution in [0.2, 0.25) is 0 Å². The van der Waals surface area contributed by atoms with Crippen molar-refractivity contribution in [2.75, 3.05) is 5.75 Å². The topological polar surface area (TPSA) is 17.1 Å². The lowest BCUT2D eigenvalue weighted by molar-refractivity contribution is -0.109. The van der Waals surface area contributed by atoms with Gasteiger partial charge in [-0.2, -0.15) is 0 Å². The summed E-state index contributed by atoms with van der Waals surface area (Å²) in [5.74, 6) is 1.10. The summed E-state index contributed by atoms with van der Waals surface area (Å²) < 4.78 is -0.202. The zero-order chi connectivity index (χ0) is 9.41. The van der Waals surface area contributed by atoms with Crippen LogP contribution in [-0.2, 0) is 4.79 Å². The van der Waals surface area contributed by atoms with E-state index in [9.17, 15) is 4.79 Å². The van der Waals surface area contributed by atoms with Crippen LogP contribution in [0.15, 0.2) is 0 Å². The van der Waals surface area contributed by atoms with E-state index < -0.39 is 0 Å². The zero-order valence-electron chi connectivity index (χ0n) is 8.09. The molecule has 0 bridgehead atoms. The Morgan fingerprint density at radius 3 is 2.25 bits per heavy atom. The van der Waals surface area contributed by atoms with Crippen molar-refractivity contribution in [3.63, 3.8) is 0 Å². The summed E-state index contributed by atoms with van der Waals surface area (Å²) in [5, 5.41) is 0.611. The lowest BCUT2D eigenvalue weighted by Gasteiger charge is -2.35. The maximum absolute atomic E-state index is 11.1. The van der Waals surface area contributed by atoms with Crippen LogP contribution in [0.5, 0.6) is 0 Å². The van der Waals surface area contributed by atoms with Gasteiger partial charge in [-0.05, 0) is 5.41 Å². The summed E-state index contributed by atoms with van der Waals surface area (Å²) in [5.41, 5.74) is 0.0643. The van der Waals surface area contributed by atoms with Crippen molar-refractivity contribution in [2.45, 2.75) is 37.0 Å². The Balaban J connectivity index is 2.85. The van der Waals surface area contributed by atoms with E-state index in [1.165, 1.54) is 0 Å². The molecule has 0 spiro atoms. The molecule has 12 heavy (non-hydrogen) atoms. The van der Waals surface area contributed by atoms with Crippen molar-refractivity contribution in [3.8, 4) is 0 Å². The molecule has 1 fully saturated rings. The first-order valence-corrected chi connectivity index (χ1v) is 6.06. The van der Waals surface area contributed by atoms with E-state index in [0.717, 1.165) is 12.0 Å². The first-order chi connectivity index (χ1) is 5.41. The van der Waals surface area contributed by atoms with Crippen molar-refractivity contribution < 1.29 is 4.79 Å². The van der Waals surface area contributed by atoms with Crippen LogP contribution in [0.3, 0.4) is 0 Å². The van der Waals surface area contributed by atoms with E-state index in [4.69, 9.17) is 0 Å². The predicted molar refractivity (Wildman–Crippen MR) is 57.8 cm³/mol. The second-order valence-corrected chi connectivity index (χ2v) is 7.48. The van der Waals surface area contributed by atoms with Crippen LogP contribution < -0.4 is 0 Å². The Morgan fingerprint density at radius 1 is 1.50 bits per heavy atom. The van der Waals surface area contributed by atoms with E-state index in [1.54, 1.807) is 11.8 Å². The number of hydrogen-bond donors (Lipinski definition) is 0. The molecule has 1 aliphatic heterocycles. The summed E-state index contributed by atoms with van der Waals surface area (Å²) in [7, 11) is 0. The predicted octanol–water partition coefficient (Wildman–Crippen LogP) is 2.80. The van der Waals surface area contributed by atoms with Gasteiger partial charge in [-0.25, -0.2) is 0 Å². The summed E-state index contributed by atoms with van der Waals surface area (Å²) in [6, 6.07) is 0. The third-order valence-corrected chi connectivity index (χ3v) is 6.39. The number of aldehydes is 1. The molecule has 0 aromatic carbocycles. The van der Waals surface area contributed by atoms with Gasteiger partial charge in [0.25, 0.3) is 0 Å². The fourth-order valence-corrected chi connectivity index (χ4v) is 4.68. The lowest BCUT2D eigenvalue weighted by atomic mass is 9.92. The molecule has 1 saturated heterocycles. The SMILES string of the molecule is CC1CSC(C=O)(C(C)(C)C)S1. The molecule has 1 rings (SSSR count). The van der Waals surface area contributed by atoms with Gasteiger partial charge in [0, 0.05) is 11.0 Å². The van der Waals surface area contributed by atoms with Crippen LogP contribution >= 0.6 is 23.5 Å². The fourth-order valence-electron chi connectivity index (χ4n) is 1.24. The molecule has 2 atom stereocenters. The monoisotopic (exact) mass is 204 g/mol. The second kappa shape index (κ2) is 3.26. The average Bonchev–Trinajstić information content (AvgIpc) is 2.31. The minimum Gasteiger partial charge on any atom is -0.301 e. The van der Waals surface area contributed by atoms with Crippen molar-refractivity contribution in [1.82, 2.24) is 0 Å². The Labute approximate surface area is 83.1 Å². The number of thioether (sulfide) groups is 2. The zero-order valence-corrected chi connectivity index (χ0v) is 9.72. The van der Waals surface area contributed by atoms with E-state index in [1.807, 2.05) is 11.8 Å². The van der Waals surface area contributed by atoms with Gasteiger partial charge < -0.3 is 4.79 Å². The highest BCUT2D eigenvalue weighted by Gasteiger charge is 2.48. The number of rotatable bonds is 1. The van der Waals surface area contributed by atoms with Gasteiger partial charge in [0.15, 0.2) is 0 Å². The molecule has 1 heterocycles. The summed E-state index contributed by atoms with van der Waals surface area (Å²) in [4.78, 5) is 11.1. The fraction of sp³-hybridized carbons (Fsp3) is 0.889. The molecule has 2 unspecified atom stereocenters. The molecule has 1 aliphatic rings.